The highest BCUT2D eigenvalue weighted by Crippen LogP contribution is 2.48. The van der Waals surface area contributed by atoms with Crippen LogP contribution in [-0.2, 0) is 20.6 Å². The highest BCUT2D eigenvalue weighted by Gasteiger charge is 2.33. The van der Waals surface area contributed by atoms with Crippen LogP contribution in [-0.4, -0.2) is 101 Å². The maximum Gasteiger partial charge on any atom is 0.107 e. The van der Waals surface area contributed by atoms with E-state index < -0.39 is 0 Å². The van der Waals surface area contributed by atoms with Gasteiger partial charge in [0.1, 0.15) is 30.8 Å². The molecule has 22 rings (SSSR count). The molecule has 5 aliphatic rings. The van der Waals surface area contributed by atoms with Crippen LogP contribution in [0, 0.1) is 34.6 Å². The summed E-state index contributed by atoms with van der Waals surface area (Å²) in [5, 5.41) is 13.4. The number of fused-ring (bicyclic) bond motifs is 15. The van der Waals surface area contributed by atoms with Crippen LogP contribution in [0.4, 0.5) is 34.1 Å². The Morgan fingerprint density at radius 2 is 0.520 bits per heavy atom. The fourth-order valence-electron chi connectivity index (χ4n) is 19.9. The van der Waals surface area contributed by atoms with Crippen molar-refractivity contribution in [3.63, 3.8) is 0 Å². The molecule has 15 heteroatoms. The van der Waals surface area contributed by atoms with E-state index in [1.165, 1.54) is 177 Å². The Bertz CT molecular complexity index is 6910. The fourth-order valence-corrected chi connectivity index (χ4v) is 19.9. The summed E-state index contributed by atoms with van der Waals surface area (Å²) in [5.74, 6) is 0. The van der Waals surface area contributed by atoms with Crippen molar-refractivity contribution in [3.05, 3.63) is 332 Å². The Balaban J connectivity index is 0.000000106. The van der Waals surface area contributed by atoms with Crippen molar-refractivity contribution in [1.29, 1.82) is 0 Å². The van der Waals surface area contributed by atoms with Crippen molar-refractivity contribution >= 4 is 143 Å². The van der Waals surface area contributed by atoms with Crippen LogP contribution >= 0.6 is 0 Å². The minimum Gasteiger partial charge on any atom is -0.359 e. The number of aromatic nitrogens is 5. The van der Waals surface area contributed by atoms with Crippen molar-refractivity contribution in [2.24, 2.45) is 14.1 Å². The van der Waals surface area contributed by atoms with E-state index >= 15 is 0 Å². The summed E-state index contributed by atoms with van der Waals surface area (Å²) in [6, 6.07) is 87.8. The SMILES string of the molecule is CCn1c2ccccc2c2c(N3C=CN(C)[C@@H]3C)c(C)ccc21.Cc1ccc2c(c1N1C=CN(C)[C@@H]1C)c1ccccc1n2C.Cc1ccc2c(c1N1C=CN(C)[C@@H]1C)c1ccccc1n2C.Cc1ccc2c(c1N1C=CN(C)[C@@H]1C)c1ccccc1n2C(C)C.Cc1ccc2c(c1N1C=CN(c3ccccc3)[C@@H]1C)c1ccccc1n2-c1ccccc1. The summed E-state index contributed by atoms with van der Waals surface area (Å²) in [7, 11) is 12.8. The molecule has 17 aromatic rings. The molecule has 12 aromatic carbocycles. The van der Waals surface area contributed by atoms with E-state index in [4.69, 9.17) is 0 Å². The molecule has 5 aromatic heterocycles. The summed E-state index contributed by atoms with van der Waals surface area (Å²) < 4.78 is 11.8. The predicted octanol–water partition coefficient (Wildman–Crippen LogP) is 25.6. The second-order valence-electron chi connectivity index (χ2n) is 34.3. The van der Waals surface area contributed by atoms with Gasteiger partial charge in [0.2, 0.25) is 0 Å². The summed E-state index contributed by atoms with van der Waals surface area (Å²) in [6.07, 6.45) is 23.3. The Morgan fingerprint density at radius 1 is 0.244 bits per heavy atom. The third-order valence-corrected chi connectivity index (χ3v) is 26.9. The summed E-state index contributed by atoms with van der Waals surface area (Å²) in [6.45, 7) is 30.0. The molecule has 0 N–H and O–H groups in total. The summed E-state index contributed by atoms with van der Waals surface area (Å²) in [5.41, 5.74) is 28.4. The van der Waals surface area contributed by atoms with Crippen LogP contribution in [0.1, 0.15) is 89.2 Å². The van der Waals surface area contributed by atoms with Crippen LogP contribution in [0.25, 0.3) is 115 Å². The number of nitrogens with zero attached hydrogens (tertiary/aromatic N) is 15. The lowest BCUT2D eigenvalue weighted by atomic mass is 10.1. The molecule has 0 spiro atoms. The maximum absolute atomic E-state index is 2.46. The molecule has 0 aliphatic carbocycles. The molecule has 0 radical (unpaired) electrons. The number of benzene rings is 12. The largest absolute Gasteiger partial charge is 0.359 e. The van der Waals surface area contributed by atoms with Crippen LogP contribution in [0.3, 0.4) is 0 Å². The molecule has 0 saturated carbocycles. The van der Waals surface area contributed by atoms with E-state index in [1.807, 2.05) is 0 Å². The first-order chi connectivity index (χ1) is 59.6. The van der Waals surface area contributed by atoms with E-state index in [-0.39, 0.29) is 6.17 Å². The van der Waals surface area contributed by atoms with Crippen molar-refractivity contribution < 1.29 is 0 Å². The van der Waals surface area contributed by atoms with Crippen molar-refractivity contribution in [1.82, 2.24) is 42.4 Å². The van der Waals surface area contributed by atoms with Crippen molar-refractivity contribution in [2.45, 2.75) is 133 Å². The molecule has 622 valence electrons. The molecule has 0 fully saturated rings. The normalized spacial score (nSPS) is 17.4. The van der Waals surface area contributed by atoms with Gasteiger partial charge in [0.05, 0.1) is 61.5 Å². The van der Waals surface area contributed by atoms with Gasteiger partial charge in [-0.15, -0.1) is 0 Å². The van der Waals surface area contributed by atoms with Gasteiger partial charge < -0.3 is 71.8 Å². The van der Waals surface area contributed by atoms with Crippen LogP contribution in [0.2, 0.25) is 0 Å². The van der Waals surface area contributed by atoms with Gasteiger partial charge >= 0.3 is 0 Å². The zero-order valence-corrected chi connectivity index (χ0v) is 74.7. The number of hydrogen-bond acceptors (Lipinski definition) is 10. The third kappa shape index (κ3) is 13.5. The van der Waals surface area contributed by atoms with Gasteiger partial charge in [-0.25, -0.2) is 0 Å². The quantitative estimate of drug-likeness (QED) is 0.140. The topological polar surface area (TPSA) is 57.1 Å². The average molecular weight is 1620 g/mol. The molecule has 0 amide bonds. The lowest BCUT2D eigenvalue weighted by Crippen LogP contribution is -2.36. The first kappa shape index (κ1) is 80.4. The number of aryl methyl sites for hydroxylation is 8. The lowest BCUT2D eigenvalue weighted by Gasteiger charge is -2.31. The van der Waals surface area contributed by atoms with Gasteiger partial charge in [0.25, 0.3) is 0 Å². The maximum atomic E-state index is 2.46. The van der Waals surface area contributed by atoms with E-state index in [9.17, 15) is 0 Å². The van der Waals surface area contributed by atoms with Crippen LogP contribution < -0.4 is 29.4 Å². The van der Waals surface area contributed by atoms with Gasteiger partial charge in [-0.2, -0.15) is 0 Å². The zero-order chi connectivity index (χ0) is 85.7. The molecule has 0 unspecified atom stereocenters. The smallest absolute Gasteiger partial charge is 0.107 e. The van der Waals surface area contributed by atoms with E-state index in [1.54, 1.807) is 0 Å². The first-order valence-electron chi connectivity index (χ1n) is 43.6. The molecule has 0 saturated heterocycles. The fraction of sp³-hybridized carbons (Fsp3) is 0.241. The van der Waals surface area contributed by atoms with Crippen molar-refractivity contribution in [2.75, 3.05) is 57.6 Å². The number of hydrogen-bond donors (Lipinski definition) is 0. The number of anilines is 6. The molecular formula is C108H115N15. The Hall–Kier alpha value is -13.7. The molecule has 5 atom stereocenters. The molecule has 123 heavy (non-hydrogen) atoms. The van der Waals surface area contributed by atoms with Crippen LogP contribution in [0.15, 0.2) is 305 Å². The standard InChI is InChI=1S/C29H25N3.C21H25N3.C20H23N3.2C19H21N3/c1-21-17-18-27-28(25-15-9-10-16-26(25)32(27)24-13-7-4-8-14-24)29(21)31-20-19-30(22(31)2)23-11-5-3-6-12-23;1-14(2)24-18-9-7-6-8-17(18)20-19(24)11-10-15(3)21(20)23-13-12-22(5)16(23)4;1-5-22-17-9-7-6-8-16(17)19-18(22)11-10-14(2)20(19)23-13-12-21(4)15(23)3;2*1-13-9-10-17-18(15-7-5-6-8-16(15)21(17)4)19(13)22-12-11-20(3)14(22)2/h3-20,22H,1-2H3;6-14,16H,1-5H3;6-13,15H,5H2,1-4H3;2*5-12,14H,1-4H3/t22-;16-;15-;2*14-/m00000/s1. The highest BCUT2D eigenvalue weighted by atomic mass is 15.4. The second kappa shape index (κ2) is 32.4. The van der Waals surface area contributed by atoms with E-state index in [0.29, 0.717) is 30.7 Å². The molecular weight excluding hydrogens is 1510 g/mol. The summed E-state index contributed by atoms with van der Waals surface area (Å²) in [4.78, 5) is 23.3. The monoisotopic (exact) mass is 1620 g/mol. The van der Waals surface area contributed by atoms with Gasteiger partial charge in [0, 0.05) is 204 Å². The molecule has 10 heterocycles. The predicted molar refractivity (Wildman–Crippen MR) is 526 cm³/mol. The first-order valence-corrected chi connectivity index (χ1v) is 43.6. The molecule has 0 bridgehead atoms. The third-order valence-electron chi connectivity index (χ3n) is 26.9. The van der Waals surface area contributed by atoms with Crippen molar-refractivity contribution in [3.8, 4) is 5.69 Å². The second-order valence-corrected chi connectivity index (χ2v) is 34.3. The van der Waals surface area contributed by atoms with Gasteiger partial charge in [-0.1, -0.05) is 158 Å². The number of rotatable bonds is 9. The average Bonchev–Trinajstić information content (AvgIpc) is 1.54. The van der Waals surface area contributed by atoms with Gasteiger partial charge in [-0.3, -0.25) is 0 Å². The van der Waals surface area contributed by atoms with Crippen LogP contribution in [0.5, 0.6) is 0 Å². The molecule has 5 aliphatic heterocycles. The Morgan fingerprint density at radius 3 is 0.911 bits per heavy atom. The van der Waals surface area contributed by atoms with E-state index in [0.717, 1.165) is 6.54 Å². The lowest BCUT2D eigenvalue weighted by molar-refractivity contribution is 0.383. The Labute approximate surface area is 724 Å². The molecule has 15 nitrogen and oxygen atoms in total. The minimum absolute atomic E-state index is 0.181. The minimum atomic E-state index is 0.181. The summed E-state index contributed by atoms with van der Waals surface area (Å²) >= 11 is 0. The zero-order valence-electron chi connectivity index (χ0n) is 74.7. The highest BCUT2D eigenvalue weighted by molar-refractivity contribution is 6.20. The van der Waals surface area contributed by atoms with Gasteiger partial charge in [0.15, 0.2) is 0 Å². The Kier molecular flexibility index (Phi) is 21.2. The number of para-hydroxylation sites is 7. The van der Waals surface area contributed by atoms with E-state index in [2.05, 4.69) is 509 Å². The van der Waals surface area contributed by atoms with Gasteiger partial charge in [-0.05, 0) is 203 Å².